The van der Waals surface area contributed by atoms with E-state index in [4.69, 9.17) is 0 Å². The van der Waals surface area contributed by atoms with Crippen molar-refractivity contribution in [2.24, 2.45) is 0 Å². The molecule has 2 aromatic heterocycles. The molecule has 2 aromatic rings. The minimum absolute atomic E-state index is 0.293. The van der Waals surface area contributed by atoms with Crippen LogP contribution in [0.3, 0.4) is 0 Å². The summed E-state index contributed by atoms with van der Waals surface area (Å²) in [7, 11) is 0. The largest absolute Gasteiger partial charge is 0.332 e. The van der Waals surface area contributed by atoms with Gasteiger partial charge in [0.25, 0.3) is 0 Å². The van der Waals surface area contributed by atoms with Gasteiger partial charge in [0.1, 0.15) is 5.82 Å². The number of aromatic nitrogens is 2. The molecule has 0 aliphatic rings. The molecule has 2 amide bonds. The molecule has 0 unspecified atom stereocenters. The Morgan fingerprint density at radius 1 is 1.22 bits per heavy atom. The highest BCUT2D eigenvalue weighted by Gasteiger charge is 2.02. The molecule has 2 heterocycles. The van der Waals surface area contributed by atoms with Crippen molar-refractivity contribution in [1.82, 2.24) is 15.3 Å². The number of carbonyl (C=O) groups excluding carboxylic acids is 1. The number of nitrogens with zero attached hydrogens (tertiary/aromatic N) is 2. The van der Waals surface area contributed by atoms with Crippen molar-refractivity contribution in [3.63, 3.8) is 0 Å². The van der Waals surface area contributed by atoms with Gasteiger partial charge in [0, 0.05) is 12.4 Å². The lowest BCUT2D eigenvalue weighted by atomic mass is 10.3. The average molecular weight is 242 g/mol. The van der Waals surface area contributed by atoms with E-state index in [1.807, 2.05) is 31.2 Å². The van der Waals surface area contributed by atoms with Crippen molar-refractivity contribution in [3.8, 4) is 0 Å². The lowest BCUT2D eigenvalue weighted by Gasteiger charge is -2.06. The van der Waals surface area contributed by atoms with Gasteiger partial charge in [-0.25, -0.2) is 9.78 Å². The molecule has 92 valence electrons. The van der Waals surface area contributed by atoms with Crippen LogP contribution in [0, 0.1) is 6.92 Å². The van der Waals surface area contributed by atoms with Gasteiger partial charge in [0.2, 0.25) is 0 Å². The van der Waals surface area contributed by atoms with Gasteiger partial charge in [-0.15, -0.1) is 0 Å². The number of amides is 2. The van der Waals surface area contributed by atoms with E-state index in [9.17, 15) is 4.79 Å². The van der Waals surface area contributed by atoms with Crippen LogP contribution in [0.25, 0.3) is 0 Å². The molecule has 5 heteroatoms. The van der Waals surface area contributed by atoms with E-state index in [0.29, 0.717) is 12.4 Å². The van der Waals surface area contributed by atoms with Crippen LogP contribution in [0.2, 0.25) is 0 Å². The SMILES string of the molecule is Cc1ccnc(NC(=O)NCc2ccccn2)c1. The Labute approximate surface area is 105 Å². The minimum Gasteiger partial charge on any atom is -0.332 e. The third-order valence-electron chi connectivity index (χ3n) is 2.31. The summed E-state index contributed by atoms with van der Waals surface area (Å²) in [5.74, 6) is 0.536. The zero-order valence-electron chi connectivity index (χ0n) is 10.1. The molecule has 0 aromatic carbocycles. The average Bonchev–Trinajstić information content (AvgIpc) is 2.38. The van der Waals surface area contributed by atoms with Crippen molar-refractivity contribution in [2.75, 3.05) is 5.32 Å². The van der Waals surface area contributed by atoms with Gasteiger partial charge >= 0.3 is 6.03 Å². The van der Waals surface area contributed by atoms with E-state index in [0.717, 1.165) is 11.3 Å². The smallest absolute Gasteiger partial charge is 0.320 e. The molecule has 0 bridgehead atoms. The van der Waals surface area contributed by atoms with Gasteiger partial charge in [-0.2, -0.15) is 0 Å². The topological polar surface area (TPSA) is 66.9 Å². The molecule has 2 rings (SSSR count). The summed E-state index contributed by atoms with van der Waals surface area (Å²) in [5, 5.41) is 5.38. The zero-order valence-corrected chi connectivity index (χ0v) is 10.1. The summed E-state index contributed by atoms with van der Waals surface area (Å²) in [6, 6.07) is 8.95. The van der Waals surface area contributed by atoms with Crippen LogP contribution in [0.5, 0.6) is 0 Å². The number of pyridine rings is 2. The maximum Gasteiger partial charge on any atom is 0.320 e. The molecule has 0 saturated heterocycles. The van der Waals surface area contributed by atoms with Crippen molar-refractivity contribution in [3.05, 3.63) is 54.0 Å². The van der Waals surface area contributed by atoms with Gasteiger partial charge in [0.15, 0.2) is 0 Å². The highest BCUT2D eigenvalue weighted by molar-refractivity contribution is 5.88. The Morgan fingerprint density at radius 2 is 2.11 bits per heavy atom. The van der Waals surface area contributed by atoms with Crippen LogP contribution >= 0.6 is 0 Å². The predicted molar refractivity (Wildman–Crippen MR) is 69.1 cm³/mol. The van der Waals surface area contributed by atoms with Crippen LogP contribution in [0.1, 0.15) is 11.3 Å². The van der Waals surface area contributed by atoms with Gasteiger partial charge in [0.05, 0.1) is 12.2 Å². The monoisotopic (exact) mass is 242 g/mol. The molecule has 0 radical (unpaired) electrons. The minimum atomic E-state index is -0.293. The predicted octanol–water partition coefficient (Wildman–Crippen LogP) is 2.11. The van der Waals surface area contributed by atoms with E-state index < -0.39 is 0 Å². The molecule has 0 aliphatic carbocycles. The van der Waals surface area contributed by atoms with Crippen molar-refractivity contribution < 1.29 is 4.79 Å². The van der Waals surface area contributed by atoms with E-state index >= 15 is 0 Å². The second-order valence-corrected chi connectivity index (χ2v) is 3.85. The first-order valence-electron chi connectivity index (χ1n) is 5.61. The number of anilines is 1. The summed E-state index contributed by atoms with van der Waals surface area (Å²) in [6.45, 7) is 2.33. The second-order valence-electron chi connectivity index (χ2n) is 3.85. The molecule has 0 saturated carbocycles. The maximum absolute atomic E-state index is 11.6. The normalized spacial score (nSPS) is 9.83. The summed E-state index contributed by atoms with van der Waals surface area (Å²) in [5.41, 5.74) is 1.86. The van der Waals surface area contributed by atoms with Crippen LogP contribution in [0.15, 0.2) is 42.7 Å². The molecule has 0 spiro atoms. The molecular formula is C13H14N4O. The number of nitrogens with one attached hydrogen (secondary N) is 2. The molecule has 0 atom stereocenters. The summed E-state index contributed by atoms with van der Waals surface area (Å²) < 4.78 is 0. The Hall–Kier alpha value is -2.43. The number of hydrogen-bond donors (Lipinski definition) is 2. The number of hydrogen-bond acceptors (Lipinski definition) is 3. The molecule has 18 heavy (non-hydrogen) atoms. The molecule has 5 nitrogen and oxygen atoms in total. The fourth-order valence-electron chi connectivity index (χ4n) is 1.44. The van der Waals surface area contributed by atoms with Crippen LogP contribution in [-0.2, 0) is 6.54 Å². The molecular weight excluding hydrogens is 228 g/mol. The van der Waals surface area contributed by atoms with E-state index in [2.05, 4.69) is 20.6 Å². The quantitative estimate of drug-likeness (QED) is 0.866. The number of aryl methyl sites for hydroxylation is 1. The lowest BCUT2D eigenvalue weighted by Crippen LogP contribution is -2.28. The number of urea groups is 1. The van der Waals surface area contributed by atoms with Crippen LogP contribution < -0.4 is 10.6 Å². The first-order valence-corrected chi connectivity index (χ1v) is 5.61. The fraction of sp³-hybridized carbons (Fsp3) is 0.154. The van der Waals surface area contributed by atoms with Gasteiger partial charge < -0.3 is 5.32 Å². The summed E-state index contributed by atoms with van der Waals surface area (Å²) in [6.07, 6.45) is 3.35. The number of carbonyl (C=O) groups is 1. The maximum atomic E-state index is 11.6. The van der Waals surface area contributed by atoms with Crippen molar-refractivity contribution in [2.45, 2.75) is 13.5 Å². The Bertz CT molecular complexity index is 528. The summed E-state index contributed by atoms with van der Waals surface area (Å²) in [4.78, 5) is 19.8. The van der Waals surface area contributed by atoms with E-state index in [-0.39, 0.29) is 6.03 Å². The second kappa shape index (κ2) is 5.77. The Morgan fingerprint density at radius 3 is 2.83 bits per heavy atom. The highest BCUT2D eigenvalue weighted by Crippen LogP contribution is 2.04. The van der Waals surface area contributed by atoms with Gasteiger partial charge in [-0.05, 0) is 36.8 Å². The number of rotatable bonds is 3. The third kappa shape index (κ3) is 3.55. The van der Waals surface area contributed by atoms with Crippen LogP contribution in [-0.4, -0.2) is 16.0 Å². The lowest BCUT2D eigenvalue weighted by molar-refractivity contribution is 0.251. The summed E-state index contributed by atoms with van der Waals surface area (Å²) >= 11 is 0. The zero-order chi connectivity index (χ0) is 12.8. The van der Waals surface area contributed by atoms with Crippen molar-refractivity contribution >= 4 is 11.8 Å². The Balaban J connectivity index is 1.86. The molecule has 0 fully saturated rings. The Kier molecular flexibility index (Phi) is 3.86. The van der Waals surface area contributed by atoms with Gasteiger partial charge in [-0.3, -0.25) is 10.3 Å². The van der Waals surface area contributed by atoms with Gasteiger partial charge in [-0.1, -0.05) is 6.07 Å². The fourth-order valence-corrected chi connectivity index (χ4v) is 1.44. The first-order chi connectivity index (χ1) is 8.74. The highest BCUT2D eigenvalue weighted by atomic mass is 16.2. The van der Waals surface area contributed by atoms with Crippen LogP contribution in [0.4, 0.5) is 10.6 Å². The first kappa shape index (κ1) is 12.0. The van der Waals surface area contributed by atoms with Crippen molar-refractivity contribution in [1.29, 1.82) is 0 Å². The molecule has 0 aliphatic heterocycles. The standard InChI is InChI=1S/C13H14N4O/c1-10-5-7-15-12(8-10)17-13(18)16-9-11-4-2-3-6-14-11/h2-8H,9H2,1H3,(H2,15,16,17,18). The van der Waals surface area contributed by atoms with E-state index in [1.54, 1.807) is 18.5 Å². The molecule has 2 N–H and O–H groups in total. The third-order valence-corrected chi connectivity index (χ3v) is 2.31. The van der Waals surface area contributed by atoms with E-state index in [1.165, 1.54) is 0 Å².